The number of hydrogen-bond donors (Lipinski definition) is 2. The molecular formula is C20H26N2O. The second-order valence-electron chi connectivity index (χ2n) is 6.32. The number of carbonyl (C=O) groups excluding carboxylic acids is 1. The van der Waals surface area contributed by atoms with Crippen molar-refractivity contribution in [3.63, 3.8) is 0 Å². The van der Waals surface area contributed by atoms with Gasteiger partial charge in [0.05, 0.1) is 5.92 Å². The highest BCUT2D eigenvalue weighted by atomic mass is 16.1. The lowest BCUT2D eigenvalue weighted by Crippen LogP contribution is -2.35. The molecule has 0 heterocycles. The Balaban J connectivity index is 2.02. The SMILES string of the molecule is Cc1cc(C)c(CNC(=O)C(C)C(N)c2ccccc2)c(C)c1. The maximum absolute atomic E-state index is 12.4. The third-order valence-electron chi connectivity index (χ3n) is 4.42. The molecule has 0 fully saturated rings. The lowest BCUT2D eigenvalue weighted by molar-refractivity contribution is -0.125. The quantitative estimate of drug-likeness (QED) is 0.887. The second-order valence-corrected chi connectivity index (χ2v) is 6.32. The van der Waals surface area contributed by atoms with Crippen LogP contribution in [0.4, 0.5) is 0 Å². The van der Waals surface area contributed by atoms with Crippen LogP contribution < -0.4 is 11.1 Å². The van der Waals surface area contributed by atoms with Gasteiger partial charge in [-0.2, -0.15) is 0 Å². The summed E-state index contributed by atoms with van der Waals surface area (Å²) in [4.78, 5) is 12.4. The van der Waals surface area contributed by atoms with Gasteiger partial charge in [0.2, 0.25) is 5.91 Å². The molecule has 1 amide bonds. The number of benzene rings is 2. The Morgan fingerprint density at radius 2 is 1.65 bits per heavy atom. The average Bonchev–Trinajstić information content (AvgIpc) is 2.53. The molecular weight excluding hydrogens is 284 g/mol. The van der Waals surface area contributed by atoms with E-state index in [2.05, 4.69) is 38.2 Å². The molecule has 0 aliphatic heterocycles. The molecule has 3 N–H and O–H groups in total. The van der Waals surface area contributed by atoms with Crippen LogP contribution in [0.2, 0.25) is 0 Å². The maximum Gasteiger partial charge on any atom is 0.225 e. The molecule has 0 bridgehead atoms. The molecule has 0 aromatic heterocycles. The predicted molar refractivity (Wildman–Crippen MR) is 95.0 cm³/mol. The molecule has 23 heavy (non-hydrogen) atoms. The number of amides is 1. The Bertz CT molecular complexity index is 656. The molecule has 0 saturated carbocycles. The van der Waals surface area contributed by atoms with Crippen LogP contribution in [0.15, 0.2) is 42.5 Å². The minimum atomic E-state index is -0.295. The summed E-state index contributed by atoms with van der Waals surface area (Å²) in [5.74, 6) is -0.288. The van der Waals surface area contributed by atoms with Gasteiger partial charge < -0.3 is 11.1 Å². The summed E-state index contributed by atoms with van der Waals surface area (Å²) in [6.07, 6.45) is 0. The highest BCUT2D eigenvalue weighted by molar-refractivity contribution is 5.79. The van der Waals surface area contributed by atoms with E-state index in [0.717, 1.165) is 5.56 Å². The van der Waals surface area contributed by atoms with Gasteiger partial charge in [-0.25, -0.2) is 0 Å². The van der Waals surface area contributed by atoms with Gasteiger partial charge in [0.15, 0.2) is 0 Å². The molecule has 2 rings (SSSR count). The fourth-order valence-electron chi connectivity index (χ4n) is 2.95. The van der Waals surface area contributed by atoms with Crippen molar-refractivity contribution < 1.29 is 4.79 Å². The smallest absolute Gasteiger partial charge is 0.225 e. The molecule has 3 heteroatoms. The first-order valence-electron chi connectivity index (χ1n) is 8.05. The fraction of sp³-hybridized carbons (Fsp3) is 0.350. The van der Waals surface area contributed by atoms with Gasteiger partial charge in [-0.15, -0.1) is 0 Å². The summed E-state index contributed by atoms with van der Waals surface area (Å²) in [5.41, 5.74) is 12.1. The van der Waals surface area contributed by atoms with Gasteiger partial charge in [-0.1, -0.05) is 55.0 Å². The molecule has 0 spiro atoms. The summed E-state index contributed by atoms with van der Waals surface area (Å²) in [7, 11) is 0. The van der Waals surface area contributed by atoms with Gasteiger partial charge in [0, 0.05) is 12.6 Å². The number of aryl methyl sites for hydroxylation is 3. The number of nitrogens with one attached hydrogen (secondary N) is 1. The van der Waals surface area contributed by atoms with Crippen molar-refractivity contribution in [1.29, 1.82) is 0 Å². The minimum absolute atomic E-state index is 0.0132. The molecule has 0 saturated heterocycles. The van der Waals surface area contributed by atoms with Crippen LogP contribution in [0.1, 0.15) is 40.8 Å². The lowest BCUT2D eigenvalue weighted by atomic mass is 9.94. The molecule has 0 aliphatic carbocycles. The first kappa shape index (κ1) is 17.2. The van der Waals surface area contributed by atoms with E-state index in [-0.39, 0.29) is 17.9 Å². The Hall–Kier alpha value is -2.13. The Morgan fingerprint density at radius 1 is 1.09 bits per heavy atom. The predicted octanol–water partition coefficient (Wildman–Crippen LogP) is 3.56. The summed E-state index contributed by atoms with van der Waals surface area (Å²) in [6.45, 7) is 8.68. The van der Waals surface area contributed by atoms with E-state index in [4.69, 9.17) is 5.73 Å². The van der Waals surface area contributed by atoms with Crippen molar-refractivity contribution in [2.24, 2.45) is 11.7 Å². The van der Waals surface area contributed by atoms with E-state index in [1.54, 1.807) is 0 Å². The Labute approximate surface area is 138 Å². The van der Waals surface area contributed by atoms with Gasteiger partial charge in [0.1, 0.15) is 0 Å². The molecule has 2 unspecified atom stereocenters. The molecule has 0 aliphatic rings. The molecule has 2 atom stereocenters. The van der Waals surface area contributed by atoms with Crippen LogP contribution in [0.25, 0.3) is 0 Å². The van der Waals surface area contributed by atoms with Crippen molar-refractivity contribution in [3.05, 3.63) is 70.3 Å². The highest BCUT2D eigenvalue weighted by Crippen LogP contribution is 2.20. The molecule has 0 radical (unpaired) electrons. The van der Waals surface area contributed by atoms with E-state index in [9.17, 15) is 4.79 Å². The number of carbonyl (C=O) groups is 1. The first-order chi connectivity index (χ1) is 10.9. The summed E-state index contributed by atoms with van der Waals surface area (Å²) >= 11 is 0. The summed E-state index contributed by atoms with van der Waals surface area (Å²) < 4.78 is 0. The molecule has 3 nitrogen and oxygen atoms in total. The van der Waals surface area contributed by atoms with E-state index >= 15 is 0 Å². The van der Waals surface area contributed by atoms with Crippen molar-refractivity contribution in [2.75, 3.05) is 0 Å². The van der Waals surface area contributed by atoms with Crippen molar-refractivity contribution in [3.8, 4) is 0 Å². The molecule has 2 aromatic carbocycles. The van der Waals surface area contributed by atoms with Gasteiger partial charge in [0.25, 0.3) is 0 Å². The van der Waals surface area contributed by atoms with Crippen LogP contribution >= 0.6 is 0 Å². The number of rotatable bonds is 5. The average molecular weight is 310 g/mol. The summed E-state index contributed by atoms with van der Waals surface area (Å²) in [6, 6.07) is 13.8. The standard InChI is InChI=1S/C20H26N2O/c1-13-10-14(2)18(15(3)11-13)12-22-20(23)16(4)19(21)17-8-6-5-7-9-17/h5-11,16,19H,12,21H2,1-4H3,(H,22,23). The normalized spacial score (nSPS) is 13.4. The van der Waals surface area contributed by atoms with Crippen LogP contribution in [0, 0.1) is 26.7 Å². The first-order valence-corrected chi connectivity index (χ1v) is 8.05. The van der Waals surface area contributed by atoms with Crippen LogP contribution in [0.3, 0.4) is 0 Å². The molecule has 122 valence electrons. The van der Waals surface area contributed by atoms with Gasteiger partial charge in [-0.05, 0) is 43.0 Å². The van der Waals surface area contributed by atoms with E-state index in [0.29, 0.717) is 6.54 Å². The maximum atomic E-state index is 12.4. The number of hydrogen-bond acceptors (Lipinski definition) is 2. The number of nitrogens with two attached hydrogens (primary N) is 1. The molecule has 2 aromatic rings. The fourth-order valence-corrected chi connectivity index (χ4v) is 2.95. The second kappa shape index (κ2) is 7.42. The summed E-state index contributed by atoms with van der Waals surface area (Å²) in [5, 5.41) is 3.03. The third-order valence-corrected chi connectivity index (χ3v) is 4.42. The van der Waals surface area contributed by atoms with Crippen LogP contribution in [0.5, 0.6) is 0 Å². The van der Waals surface area contributed by atoms with Gasteiger partial charge in [-0.3, -0.25) is 4.79 Å². The monoisotopic (exact) mass is 310 g/mol. The zero-order valence-corrected chi connectivity index (χ0v) is 14.4. The minimum Gasteiger partial charge on any atom is -0.352 e. The Morgan fingerprint density at radius 3 is 2.22 bits per heavy atom. The van der Waals surface area contributed by atoms with Crippen molar-refractivity contribution in [1.82, 2.24) is 5.32 Å². The van der Waals surface area contributed by atoms with Crippen molar-refractivity contribution in [2.45, 2.75) is 40.3 Å². The van der Waals surface area contributed by atoms with Crippen LogP contribution in [-0.4, -0.2) is 5.91 Å². The lowest BCUT2D eigenvalue weighted by Gasteiger charge is -2.20. The van der Waals surface area contributed by atoms with Crippen LogP contribution in [-0.2, 0) is 11.3 Å². The zero-order chi connectivity index (χ0) is 17.0. The van der Waals surface area contributed by atoms with E-state index in [1.807, 2.05) is 37.3 Å². The van der Waals surface area contributed by atoms with E-state index in [1.165, 1.54) is 22.3 Å². The zero-order valence-electron chi connectivity index (χ0n) is 14.4. The topological polar surface area (TPSA) is 55.1 Å². The largest absolute Gasteiger partial charge is 0.352 e. The Kier molecular flexibility index (Phi) is 5.56. The van der Waals surface area contributed by atoms with Crippen molar-refractivity contribution >= 4 is 5.91 Å². The highest BCUT2D eigenvalue weighted by Gasteiger charge is 2.22. The third kappa shape index (κ3) is 4.20. The van der Waals surface area contributed by atoms with E-state index < -0.39 is 0 Å². The van der Waals surface area contributed by atoms with Gasteiger partial charge >= 0.3 is 0 Å².